The quantitative estimate of drug-likeness (QED) is 0.745. The molecular weight excluding hydrogens is 332 g/mol. The van der Waals surface area contributed by atoms with Crippen LogP contribution in [-0.2, 0) is 0 Å². The van der Waals surface area contributed by atoms with E-state index in [2.05, 4.69) is 29.2 Å². The molecular formula is C21H23ClN2O+2. The number of phenols is 1. The lowest BCUT2D eigenvalue weighted by Crippen LogP contribution is -3.13. The monoisotopic (exact) mass is 354 g/mol. The fourth-order valence-electron chi connectivity index (χ4n) is 4.05. The van der Waals surface area contributed by atoms with Crippen molar-refractivity contribution in [3.05, 3.63) is 70.9 Å². The maximum Gasteiger partial charge on any atom is 0.255 e. The smallest absolute Gasteiger partial charge is 0.255 e. The largest absolute Gasteiger partial charge is 0.502 e. The summed E-state index contributed by atoms with van der Waals surface area (Å²) >= 11 is 6.56. The molecule has 1 unspecified atom stereocenters. The predicted octanol–water partition coefficient (Wildman–Crippen LogP) is 3.17. The molecule has 25 heavy (non-hydrogen) atoms. The van der Waals surface area contributed by atoms with Gasteiger partial charge in [-0.25, -0.2) is 4.98 Å². The molecule has 4 rings (SSSR count). The van der Waals surface area contributed by atoms with Crippen LogP contribution in [0.2, 0.25) is 5.02 Å². The van der Waals surface area contributed by atoms with Crippen LogP contribution < -0.4 is 9.88 Å². The van der Waals surface area contributed by atoms with E-state index in [0.717, 1.165) is 24.0 Å². The average molecular weight is 355 g/mol. The van der Waals surface area contributed by atoms with Crippen molar-refractivity contribution < 1.29 is 15.0 Å². The van der Waals surface area contributed by atoms with Crippen LogP contribution in [0.25, 0.3) is 10.9 Å². The normalized spacial score (nSPS) is 16.8. The summed E-state index contributed by atoms with van der Waals surface area (Å²) in [4.78, 5) is 4.67. The highest BCUT2D eigenvalue weighted by molar-refractivity contribution is 6.35. The van der Waals surface area contributed by atoms with Crippen LogP contribution in [0, 0.1) is 0 Å². The van der Waals surface area contributed by atoms with Gasteiger partial charge in [-0.1, -0.05) is 41.9 Å². The summed E-state index contributed by atoms with van der Waals surface area (Å²) in [7, 11) is 0. The van der Waals surface area contributed by atoms with E-state index >= 15 is 0 Å². The lowest BCUT2D eigenvalue weighted by molar-refractivity contribution is -0.930. The Morgan fingerprint density at radius 2 is 1.76 bits per heavy atom. The Kier molecular flexibility index (Phi) is 4.60. The van der Waals surface area contributed by atoms with E-state index in [1.807, 2.05) is 30.5 Å². The highest BCUT2D eigenvalue weighted by Crippen LogP contribution is 2.36. The maximum atomic E-state index is 11.0. The zero-order chi connectivity index (χ0) is 17.2. The van der Waals surface area contributed by atoms with Crippen LogP contribution in [0.5, 0.6) is 5.75 Å². The van der Waals surface area contributed by atoms with Crippen molar-refractivity contribution in [1.82, 2.24) is 0 Å². The van der Waals surface area contributed by atoms with E-state index in [1.165, 1.54) is 29.7 Å². The van der Waals surface area contributed by atoms with Gasteiger partial charge >= 0.3 is 0 Å². The topological polar surface area (TPSA) is 38.8 Å². The number of likely N-dealkylation sites (tertiary alicyclic amines) is 1. The number of pyridine rings is 1. The third-order valence-electron chi connectivity index (χ3n) is 5.25. The number of aromatic amines is 1. The highest BCUT2D eigenvalue weighted by atomic mass is 35.5. The molecule has 128 valence electrons. The number of phenolic OH excluding ortho intramolecular Hbond substituents is 1. The Morgan fingerprint density at radius 3 is 2.52 bits per heavy atom. The first-order valence-corrected chi connectivity index (χ1v) is 9.35. The molecule has 1 aliphatic heterocycles. The molecule has 3 N–H and O–H groups in total. The number of H-pyrrole nitrogens is 1. The van der Waals surface area contributed by atoms with Gasteiger partial charge in [0.2, 0.25) is 0 Å². The Bertz CT molecular complexity index is 876. The van der Waals surface area contributed by atoms with E-state index in [1.54, 1.807) is 0 Å². The number of fused-ring (bicyclic) bond motifs is 1. The van der Waals surface area contributed by atoms with E-state index < -0.39 is 0 Å². The maximum absolute atomic E-state index is 11.0. The van der Waals surface area contributed by atoms with Gasteiger partial charge in [0.15, 0.2) is 11.9 Å². The molecule has 1 atom stereocenters. The average Bonchev–Trinajstić information content (AvgIpc) is 2.68. The van der Waals surface area contributed by atoms with Crippen molar-refractivity contribution in [3.63, 3.8) is 0 Å². The highest BCUT2D eigenvalue weighted by Gasteiger charge is 2.32. The number of rotatable bonds is 3. The van der Waals surface area contributed by atoms with Gasteiger partial charge in [-0.3, -0.25) is 0 Å². The molecule has 1 saturated heterocycles. The van der Waals surface area contributed by atoms with Gasteiger partial charge in [-0.15, -0.1) is 0 Å². The van der Waals surface area contributed by atoms with E-state index in [-0.39, 0.29) is 6.04 Å². The van der Waals surface area contributed by atoms with Crippen molar-refractivity contribution in [2.45, 2.75) is 25.3 Å². The second-order valence-electron chi connectivity index (χ2n) is 6.82. The standard InChI is InChI=1S/C21H21ClN2O/c22-18-14-17(21(25)19-16(18)10-7-11-23-19)20(15-8-3-1-4-9-15)24-12-5-2-6-13-24/h1,3-4,7-11,14,20,25H,2,5-6,12-13H2/p+2. The van der Waals surface area contributed by atoms with Crippen LogP contribution in [0.1, 0.15) is 36.4 Å². The summed E-state index contributed by atoms with van der Waals surface area (Å²) < 4.78 is 0. The lowest BCUT2D eigenvalue weighted by Gasteiger charge is -2.32. The van der Waals surface area contributed by atoms with Gasteiger partial charge in [0, 0.05) is 11.6 Å². The number of aromatic nitrogens is 1. The van der Waals surface area contributed by atoms with Gasteiger partial charge in [-0.05, 0) is 31.4 Å². The third-order valence-corrected chi connectivity index (χ3v) is 5.57. The first-order chi connectivity index (χ1) is 12.3. The zero-order valence-corrected chi connectivity index (χ0v) is 14.9. The number of nitrogens with one attached hydrogen (secondary N) is 2. The fraction of sp³-hybridized carbons (Fsp3) is 0.286. The first-order valence-electron chi connectivity index (χ1n) is 8.97. The van der Waals surface area contributed by atoms with Crippen LogP contribution in [-0.4, -0.2) is 18.2 Å². The first kappa shape index (κ1) is 16.4. The van der Waals surface area contributed by atoms with Gasteiger partial charge < -0.3 is 10.0 Å². The van der Waals surface area contributed by atoms with Crippen molar-refractivity contribution in [3.8, 4) is 5.75 Å². The van der Waals surface area contributed by atoms with Crippen LogP contribution in [0.4, 0.5) is 0 Å². The van der Waals surface area contributed by atoms with E-state index in [9.17, 15) is 5.11 Å². The van der Waals surface area contributed by atoms with Crippen molar-refractivity contribution in [2.75, 3.05) is 13.1 Å². The van der Waals surface area contributed by atoms with E-state index in [4.69, 9.17) is 11.6 Å². The zero-order valence-electron chi connectivity index (χ0n) is 14.1. The number of hydrogen-bond acceptors (Lipinski definition) is 1. The van der Waals surface area contributed by atoms with E-state index in [0.29, 0.717) is 16.3 Å². The summed E-state index contributed by atoms with van der Waals surface area (Å²) in [5.41, 5.74) is 2.84. The third kappa shape index (κ3) is 3.10. The molecule has 0 saturated carbocycles. The number of halogens is 1. The lowest BCUT2D eigenvalue weighted by atomic mass is 9.93. The van der Waals surface area contributed by atoms with Gasteiger partial charge in [0.1, 0.15) is 6.04 Å². The summed E-state index contributed by atoms with van der Waals surface area (Å²) in [6.07, 6.45) is 5.58. The number of piperidine rings is 1. The molecule has 4 heteroatoms. The van der Waals surface area contributed by atoms with Gasteiger partial charge in [-0.2, -0.15) is 0 Å². The fourth-order valence-corrected chi connectivity index (χ4v) is 4.33. The Hall–Kier alpha value is -2.10. The van der Waals surface area contributed by atoms with Crippen molar-refractivity contribution >= 4 is 22.5 Å². The Labute approximate surface area is 152 Å². The minimum absolute atomic E-state index is 0.0945. The number of quaternary nitrogens is 1. The van der Waals surface area contributed by atoms with Crippen molar-refractivity contribution in [2.24, 2.45) is 0 Å². The van der Waals surface area contributed by atoms with Gasteiger partial charge in [0.25, 0.3) is 5.52 Å². The number of benzene rings is 2. The second kappa shape index (κ2) is 7.03. The molecule has 1 aliphatic rings. The molecule has 0 bridgehead atoms. The van der Waals surface area contributed by atoms with Crippen LogP contribution >= 0.6 is 11.6 Å². The van der Waals surface area contributed by atoms with Crippen LogP contribution in [0.15, 0.2) is 54.7 Å². The molecule has 2 heterocycles. The molecule has 2 aromatic carbocycles. The van der Waals surface area contributed by atoms with Gasteiger partial charge in [0.05, 0.1) is 29.1 Å². The van der Waals surface area contributed by atoms with Crippen molar-refractivity contribution in [1.29, 1.82) is 0 Å². The Balaban J connectivity index is 1.90. The summed E-state index contributed by atoms with van der Waals surface area (Å²) in [5, 5.41) is 12.6. The molecule has 0 radical (unpaired) electrons. The number of hydrogen-bond donors (Lipinski definition) is 2. The molecule has 0 aliphatic carbocycles. The number of aromatic hydroxyl groups is 1. The van der Waals surface area contributed by atoms with Crippen LogP contribution in [0.3, 0.4) is 0 Å². The summed E-state index contributed by atoms with van der Waals surface area (Å²) in [6.45, 7) is 2.24. The SMILES string of the molecule is Oc1c(C(c2ccccc2)[NH+]2CCCCC2)cc(Cl)c2ccc[nH+]c12. The minimum atomic E-state index is 0.0945. The summed E-state index contributed by atoms with van der Waals surface area (Å²) in [6, 6.07) is 16.4. The molecule has 3 nitrogen and oxygen atoms in total. The summed E-state index contributed by atoms with van der Waals surface area (Å²) in [5.74, 6) is 0.312. The molecule has 0 spiro atoms. The molecule has 3 aromatic rings. The predicted molar refractivity (Wildman–Crippen MR) is 100 cm³/mol. The second-order valence-corrected chi connectivity index (χ2v) is 7.22. The minimum Gasteiger partial charge on any atom is -0.502 e. The molecule has 0 amide bonds. The Morgan fingerprint density at radius 1 is 1.00 bits per heavy atom. The molecule has 1 fully saturated rings. The molecule has 1 aromatic heterocycles.